The van der Waals surface area contributed by atoms with Crippen LogP contribution in [-0.2, 0) is 6.54 Å². The van der Waals surface area contributed by atoms with Gasteiger partial charge in [0.1, 0.15) is 11.0 Å². The first-order valence-corrected chi connectivity index (χ1v) is 10.5. The van der Waals surface area contributed by atoms with Crippen LogP contribution in [0.3, 0.4) is 0 Å². The lowest BCUT2D eigenvalue weighted by molar-refractivity contribution is 0.0792. The second kappa shape index (κ2) is 8.89. The molecule has 2 heterocycles. The molecule has 1 fully saturated rings. The molecule has 0 radical (unpaired) electrons. The van der Waals surface area contributed by atoms with Gasteiger partial charge in [0.2, 0.25) is 0 Å². The molecule has 1 saturated heterocycles. The van der Waals surface area contributed by atoms with Crippen LogP contribution in [0.1, 0.15) is 44.8 Å². The van der Waals surface area contributed by atoms with E-state index < -0.39 is 0 Å². The SMILES string of the molecule is Cc1nn(Cc2ccc(F)cc2)c(Cl)c1C(=O)Nc1ccc(C(=O)N2CCCC2)cc1. The Morgan fingerprint density at radius 1 is 1.06 bits per heavy atom. The fourth-order valence-electron chi connectivity index (χ4n) is 3.67. The molecule has 3 aromatic rings. The summed E-state index contributed by atoms with van der Waals surface area (Å²) in [5.41, 5.74) is 2.74. The van der Waals surface area contributed by atoms with Gasteiger partial charge in [-0.05, 0) is 61.7 Å². The Kier molecular flexibility index (Phi) is 6.04. The number of benzene rings is 2. The zero-order chi connectivity index (χ0) is 22.0. The van der Waals surface area contributed by atoms with E-state index in [9.17, 15) is 14.0 Å². The molecule has 1 aliphatic rings. The van der Waals surface area contributed by atoms with Crippen molar-refractivity contribution < 1.29 is 14.0 Å². The first kappa shape index (κ1) is 21.1. The highest BCUT2D eigenvalue weighted by atomic mass is 35.5. The number of amides is 2. The number of hydrogen-bond acceptors (Lipinski definition) is 3. The van der Waals surface area contributed by atoms with Gasteiger partial charge in [-0.3, -0.25) is 9.59 Å². The van der Waals surface area contributed by atoms with Crippen LogP contribution in [0.5, 0.6) is 0 Å². The molecular weight excluding hydrogens is 419 g/mol. The van der Waals surface area contributed by atoms with Gasteiger partial charge in [-0.25, -0.2) is 9.07 Å². The lowest BCUT2D eigenvalue weighted by atomic mass is 10.1. The van der Waals surface area contributed by atoms with Crippen molar-refractivity contribution in [2.45, 2.75) is 26.3 Å². The van der Waals surface area contributed by atoms with Gasteiger partial charge in [-0.2, -0.15) is 5.10 Å². The minimum absolute atomic E-state index is 0.0105. The van der Waals surface area contributed by atoms with Gasteiger partial charge in [0.25, 0.3) is 11.8 Å². The van der Waals surface area contributed by atoms with Crippen LogP contribution in [-0.4, -0.2) is 39.6 Å². The number of nitrogens with zero attached hydrogens (tertiary/aromatic N) is 3. The molecule has 8 heteroatoms. The normalized spacial score (nSPS) is 13.5. The summed E-state index contributed by atoms with van der Waals surface area (Å²) in [6.45, 7) is 3.61. The first-order chi connectivity index (χ1) is 14.9. The summed E-state index contributed by atoms with van der Waals surface area (Å²) in [5.74, 6) is -0.692. The van der Waals surface area contributed by atoms with Gasteiger partial charge in [-0.15, -0.1) is 0 Å². The summed E-state index contributed by atoms with van der Waals surface area (Å²) in [6.07, 6.45) is 2.07. The molecule has 0 bridgehead atoms. The number of nitrogens with one attached hydrogen (secondary N) is 1. The third kappa shape index (κ3) is 4.61. The van der Waals surface area contributed by atoms with E-state index in [1.54, 1.807) is 43.3 Å². The molecule has 2 amide bonds. The largest absolute Gasteiger partial charge is 0.339 e. The number of hydrogen-bond donors (Lipinski definition) is 1. The summed E-state index contributed by atoms with van der Waals surface area (Å²) < 4.78 is 14.6. The van der Waals surface area contributed by atoms with E-state index in [-0.39, 0.29) is 28.3 Å². The summed E-state index contributed by atoms with van der Waals surface area (Å²) >= 11 is 6.43. The van der Waals surface area contributed by atoms with Crippen LogP contribution in [0, 0.1) is 12.7 Å². The number of carbonyl (C=O) groups excluding carboxylic acids is 2. The van der Waals surface area contributed by atoms with Gasteiger partial charge in [-0.1, -0.05) is 23.7 Å². The fourth-order valence-corrected chi connectivity index (χ4v) is 3.99. The molecule has 4 rings (SSSR count). The molecule has 160 valence electrons. The predicted molar refractivity (Wildman–Crippen MR) is 117 cm³/mol. The Morgan fingerprint density at radius 3 is 2.35 bits per heavy atom. The highest BCUT2D eigenvalue weighted by Crippen LogP contribution is 2.23. The van der Waals surface area contributed by atoms with Crippen LogP contribution in [0.4, 0.5) is 10.1 Å². The van der Waals surface area contributed by atoms with Gasteiger partial charge >= 0.3 is 0 Å². The lowest BCUT2D eigenvalue weighted by Gasteiger charge is -2.15. The zero-order valence-electron chi connectivity index (χ0n) is 17.1. The molecule has 31 heavy (non-hydrogen) atoms. The fraction of sp³-hybridized carbons (Fsp3) is 0.261. The number of rotatable bonds is 5. The van der Waals surface area contributed by atoms with Crippen molar-refractivity contribution in [3.8, 4) is 0 Å². The van der Waals surface area contributed by atoms with Gasteiger partial charge in [0.15, 0.2) is 0 Å². The predicted octanol–water partition coefficient (Wildman–Crippen LogP) is 4.52. The van der Waals surface area contributed by atoms with Gasteiger partial charge in [0.05, 0.1) is 17.8 Å². The smallest absolute Gasteiger partial charge is 0.260 e. The van der Waals surface area contributed by atoms with Crippen LogP contribution in [0.25, 0.3) is 0 Å². The Hall–Kier alpha value is -3.19. The summed E-state index contributed by atoms with van der Waals surface area (Å²) in [6, 6.07) is 12.9. The van der Waals surface area contributed by atoms with E-state index in [1.165, 1.54) is 16.8 Å². The van der Waals surface area contributed by atoms with Crippen molar-refractivity contribution in [3.63, 3.8) is 0 Å². The standard InChI is InChI=1S/C23H22ClFN4O2/c1-15-20(21(24)29(27-15)14-16-4-8-18(25)9-5-16)22(30)26-19-10-6-17(7-11-19)23(31)28-12-2-3-13-28/h4-11H,2-3,12-14H2,1H3,(H,26,30). The number of aryl methyl sites for hydroxylation is 1. The quantitative estimate of drug-likeness (QED) is 0.634. The third-order valence-electron chi connectivity index (χ3n) is 5.32. The number of aromatic nitrogens is 2. The molecule has 1 N–H and O–H groups in total. The minimum Gasteiger partial charge on any atom is -0.339 e. The highest BCUT2D eigenvalue weighted by molar-refractivity contribution is 6.33. The van der Waals surface area contributed by atoms with Gasteiger partial charge in [0, 0.05) is 24.3 Å². The van der Waals surface area contributed by atoms with Crippen molar-refractivity contribution in [1.82, 2.24) is 14.7 Å². The van der Waals surface area contributed by atoms with E-state index >= 15 is 0 Å². The Morgan fingerprint density at radius 2 is 1.71 bits per heavy atom. The Bertz CT molecular complexity index is 1100. The summed E-state index contributed by atoms with van der Waals surface area (Å²) in [4.78, 5) is 27.1. The second-order valence-electron chi connectivity index (χ2n) is 7.57. The number of anilines is 1. The molecule has 0 unspecified atom stereocenters. The second-order valence-corrected chi connectivity index (χ2v) is 7.92. The maximum absolute atomic E-state index is 13.1. The molecule has 2 aromatic carbocycles. The van der Waals surface area contributed by atoms with Crippen molar-refractivity contribution >= 4 is 29.1 Å². The average Bonchev–Trinajstić information content (AvgIpc) is 3.38. The maximum Gasteiger partial charge on any atom is 0.260 e. The molecule has 0 aliphatic carbocycles. The lowest BCUT2D eigenvalue weighted by Crippen LogP contribution is -2.27. The van der Waals surface area contributed by atoms with Crippen molar-refractivity contribution in [2.24, 2.45) is 0 Å². The van der Waals surface area contributed by atoms with Crippen LogP contribution < -0.4 is 5.32 Å². The number of carbonyl (C=O) groups is 2. The average molecular weight is 441 g/mol. The van der Waals surface area contributed by atoms with Crippen molar-refractivity contribution in [1.29, 1.82) is 0 Å². The van der Waals surface area contributed by atoms with E-state index in [4.69, 9.17) is 11.6 Å². The Balaban J connectivity index is 1.46. The van der Waals surface area contributed by atoms with E-state index in [0.29, 0.717) is 23.5 Å². The molecule has 1 aromatic heterocycles. The molecular formula is C23H22ClFN4O2. The highest BCUT2D eigenvalue weighted by Gasteiger charge is 2.22. The molecule has 6 nitrogen and oxygen atoms in total. The van der Waals surface area contributed by atoms with E-state index in [1.807, 2.05) is 4.90 Å². The topological polar surface area (TPSA) is 67.2 Å². The van der Waals surface area contributed by atoms with E-state index in [2.05, 4.69) is 10.4 Å². The van der Waals surface area contributed by atoms with E-state index in [0.717, 1.165) is 31.5 Å². The summed E-state index contributed by atoms with van der Waals surface area (Å²) in [5, 5.41) is 7.37. The molecule has 0 atom stereocenters. The Labute approximate surface area is 184 Å². The van der Waals surface area contributed by atoms with Gasteiger partial charge < -0.3 is 10.2 Å². The van der Waals surface area contributed by atoms with Crippen LogP contribution >= 0.6 is 11.6 Å². The third-order valence-corrected chi connectivity index (χ3v) is 5.71. The number of likely N-dealkylation sites (tertiary alicyclic amines) is 1. The molecule has 0 saturated carbocycles. The van der Waals surface area contributed by atoms with Crippen molar-refractivity contribution in [2.75, 3.05) is 18.4 Å². The minimum atomic E-state index is -0.383. The zero-order valence-corrected chi connectivity index (χ0v) is 17.8. The first-order valence-electron chi connectivity index (χ1n) is 10.1. The van der Waals surface area contributed by atoms with Crippen LogP contribution in [0.2, 0.25) is 5.15 Å². The monoisotopic (exact) mass is 440 g/mol. The summed E-state index contributed by atoms with van der Waals surface area (Å²) in [7, 11) is 0. The molecule has 0 spiro atoms. The maximum atomic E-state index is 13.1. The van der Waals surface area contributed by atoms with Crippen molar-refractivity contribution in [3.05, 3.63) is 81.9 Å². The number of halogens is 2. The molecule has 1 aliphatic heterocycles. The van der Waals surface area contributed by atoms with Crippen LogP contribution in [0.15, 0.2) is 48.5 Å².